The molecule has 1 nitrogen and oxygen atoms in total. The summed E-state index contributed by atoms with van der Waals surface area (Å²) < 4.78 is 2.53. The van der Waals surface area contributed by atoms with E-state index in [-0.39, 0.29) is 0 Å². The van der Waals surface area contributed by atoms with Crippen molar-refractivity contribution in [2.45, 2.75) is 19.9 Å². The quantitative estimate of drug-likeness (QED) is 0.716. The van der Waals surface area contributed by atoms with Crippen molar-refractivity contribution in [1.82, 2.24) is 4.57 Å². The molecule has 18 heavy (non-hydrogen) atoms. The molecular formula is C16H19NSi. The van der Waals surface area contributed by atoms with Crippen molar-refractivity contribution in [1.29, 1.82) is 0 Å². The molecule has 2 aromatic carbocycles. The summed E-state index contributed by atoms with van der Waals surface area (Å²) >= 11 is 0. The maximum absolute atomic E-state index is 2.53. The van der Waals surface area contributed by atoms with Crippen LogP contribution in [0.2, 0.25) is 0 Å². The van der Waals surface area contributed by atoms with Gasteiger partial charge < -0.3 is 4.57 Å². The topological polar surface area (TPSA) is 3.24 Å². The lowest BCUT2D eigenvalue weighted by atomic mass is 10.2. The third kappa shape index (κ3) is 4.13. The third-order valence-electron chi connectivity index (χ3n) is 2.77. The van der Waals surface area contributed by atoms with Crippen LogP contribution in [-0.4, -0.2) is 20.8 Å². The molecule has 0 aliphatic carbocycles. The number of nitrogens with zero attached hydrogens (tertiary/aromatic N) is 1. The van der Waals surface area contributed by atoms with Crippen molar-refractivity contribution in [3.63, 3.8) is 0 Å². The predicted octanol–water partition coefficient (Wildman–Crippen LogP) is 2.84. The van der Waals surface area contributed by atoms with Gasteiger partial charge in [0.25, 0.3) is 0 Å². The fourth-order valence-electron chi connectivity index (χ4n) is 1.94. The summed E-state index contributed by atoms with van der Waals surface area (Å²) in [5.41, 5.74) is 1.40. The van der Waals surface area contributed by atoms with Crippen molar-refractivity contribution in [2.75, 3.05) is 6.54 Å². The number of benzene rings is 2. The van der Waals surface area contributed by atoms with E-state index in [0.717, 1.165) is 22.8 Å². The van der Waals surface area contributed by atoms with Crippen LogP contribution in [-0.2, 0) is 6.54 Å². The fourth-order valence-corrected chi connectivity index (χ4v) is 3.25. The average molecular weight is 253 g/mol. The van der Waals surface area contributed by atoms with E-state index >= 15 is 0 Å². The van der Waals surface area contributed by atoms with Crippen LogP contribution in [0.25, 0.3) is 0 Å². The standard InChI is InChI=1S/C16H19NSi/c1-2-13-17(14-15-9-5-3-6-10-15)18-16-11-7-4-8-12-16/h3-12H,2,13-14H2,1H3. The molecule has 0 bridgehead atoms. The van der Waals surface area contributed by atoms with E-state index < -0.39 is 0 Å². The molecule has 0 unspecified atom stereocenters. The van der Waals surface area contributed by atoms with Crippen molar-refractivity contribution in [3.8, 4) is 0 Å². The fraction of sp³-hybridized carbons (Fsp3) is 0.250. The highest BCUT2D eigenvalue weighted by molar-refractivity contribution is 6.50. The van der Waals surface area contributed by atoms with E-state index in [1.165, 1.54) is 17.2 Å². The summed E-state index contributed by atoms with van der Waals surface area (Å²) in [6, 6.07) is 21.5. The van der Waals surface area contributed by atoms with Gasteiger partial charge in [0, 0.05) is 6.54 Å². The molecule has 0 fully saturated rings. The first-order valence-corrected chi connectivity index (χ1v) is 7.44. The molecule has 0 N–H and O–H groups in total. The normalized spacial score (nSPS) is 10.8. The first kappa shape index (κ1) is 13.1. The van der Waals surface area contributed by atoms with Crippen LogP contribution in [0.1, 0.15) is 18.9 Å². The molecule has 0 saturated heterocycles. The van der Waals surface area contributed by atoms with E-state index in [1.54, 1.807) is 0 Å². The van der Waals surface area contributed by atoms with Gasteiger partial charge in [-0.25, -0.2) is 0 Å². The maximum atomic E-state index is 2.53. The summed E-state index contributed by atoms with van der Waals surface area (Å²) in [6.07, 6.45) is 1.20. The highest BCUT2D eigenvalue weighted by Gasteiger charge is 2.07. The van der Waals surface area contributed by atoms with Crippen molar-refractivity contribution in [2.24, 2.45) is 0 Å². The first-order chi connectivity index (χ1) is 8.88. The molecule has 0 aromatic heterocycles. The van der Waals surface area contributed by atoms with Gasteiger partial charge >= 0.3 is 0 Å². The van der Waals surface area contributed by atoms with Crippen molar-refractivity contribution < 1.29 is 0 Å². The second kappa shape index (κ2) is 7.14. The zero-order valence-corrected chi connectivity index (χ0v) is 11.8. The minimum atomic E-state index is 0.761. The van der Waals surface area contributed by atoms with Crippen LogP contribution < -0.4 is 5.19 Å². The molecule has 0 atom stereocenters. The minimum Gasteiger partial charge on any atom is -0.318 e. The summed E-state index contributed by atoms with van der Waals surface area (Å²) in [5.74, 6) is 0. The van der Waals surface area contributed by atoms with Crippen molar-refractivity contribution >= 4 is 14.9 Å². The lowest BCUT2D eigenvalue weighted by Crippen LogP contribution is -2.35. The van der Waals surface area contributed by atoms with Gasteiger partial charge in [0.2, 0.25) is 0 Å². The highest BCUT2D eigenvalue weighted by Crippen LogP contribution is 2.04. The largest absolute Gasteiger partial charge is 0.318 e. The number of hydrogen-bond acceptors (Lipinski definition) is 1. The van der Waals surface area contributed by atoms with Crippen molar-refractivity contribution in [3.05, 3.63) is 66.2 Å². The lowest BCUT2D eigenvalue weighted by molar-refractivity contribution is 0.441. The minimum absolute atomic E-state index is 0.761. The van der Waals surface area contributed by atoms with E-state index in [4.69, 9.17) is 0 Å². The molecule has 2 aromatic rings. The molecule has 0 amide bonds. The van der Waals surface area contributed by atoms with E-state index in [2.05, 4.69) is 72.2 Å². The third-order valence-corrected chi connectivity index (χ3v) is 4.06. The molecule has 2 rings (SSSR count). The molecule has 2 radical (unpaired) electrons. The summed E-state index contributed by atoms with van der Waals surface area (Å²) in [7, 11) is 0.761. The second-order valence-electron chi connectivity index (χ2n) is 4.38. The van der Waals surface area contributed by atoms with Gasteiger partial charge in [-0.1, -0.05) is 67.6 Å². The Morgan fingerprint density at radius 3 is 2.11 bits per heavy atom. The summed E-state index contributed by atoms with van der Waals surface area (Å²) in [4.78, 5) is 0. The Balaban J connectivity index is 2.00. The van der Waals surface area contributed by atoms with Gasteiger partial charge in [0.1, 0.15) is 0 Å². The summed E-state index contributed by atoms with van der Waals surface area (Å²) in [6.45, 7) is 4.44. The SMILES string of the molecule is CCCN(Cc1ccccc1)[Si]c1ccccc1. The van der Waals surface area contributed by atoms with Gasteiger partial charge in [-0.15, -0.1) is 0 Å². The van der Waals surface area contributed by atoms with Crippen LogP contribution in [0.4, 0.5) is 0 Å². The van der Waals surface area contributed by atoms with Gasteiger partial charge in [0.05, 0.1) is 0 Å². The molecule has 0 saturated carbocycles. The molecule has 0 spiro atoms. The molecule has 2 heteroatoms. The Labute approximate surface area is 112 Å². The molecule has 0 aliphatic rings. The number of rotatable bonds is 6. The van der Waals surface area contributed by atoms with Gasteiger partial charge in [-0.05, 0) is 23.7 Å². The Kier molecular flexibility index (Phi) is 5.18. The molecule has 92 valence electrons. The van der Waals surface area contributed by atoms with Gasteiger partial charge in [-0.3, -0.25) is 0 Å². The van der Waals surface area contributed by atoms with Crippen LogP contribution in [0.3, 0.4) is 0 Å². The first-order valence-electron chi connectivity index (χ1n) is 6.49. The average Bonchev–Trinajstić information content (AvgIpc) is 2.41. The predicted molar refractivity (Wildman–Crippen MR) is 79.0 cm³/mol. The zero-order valence-electron chi connectivity index (χ0n) is 10.8. The highest BCUT2D eigenvalue weighted by atomic mass is 28.2. The van der Waals surface area contributed by atoms with E-state index in [0.29, 0.717) is 0 Å². The Morgan fingerprint density at radius 2 is 1.50 bits per heavy atom. The van der Waals surface area contributed by atoms with Gasteiger partial charge in [-0.2, -0.15) is 0 Å². The van der Waals surface area contributed by atoms with Crippen LogP contribution in [0, 0.1) is 0 Å². The van der Waals surface area contributed by atoms with E-state index in [9.17, 15) is 0 Å². The lowest BCUT2D eigenvalue weighted by Gasteiger charge is -2.20. The Morgan fingerprint density at radius 1 is 0.889 bits per heavy atom. The Hall–Kier alpha value is -1.38. The molecule has 0 heterocycles. The van der Waals surface area contributed by atoms with E-state index in [1.807, 2.05) is 0 Å². The van der Waals surface area contributed by atoms with Crippen LogP contribution >= 0.6 is 0 Å². The zero-order chi connectivity index (χ0) is 12.6. The second-order valence-corrected chi connectivity index (χ2v) is 5.82. The van der Waals surface area contributed by atoms with Crippen LogP contribution in [0.5, 0.6) is 0 Å². The molecule has 0 aliphatic heterocycles. The maximum Gasteiger partial charge on any atom is 0.182 e. The van der Waals surface area contributed by atoms with Crippen LogP contribution in [0.15, 0.2) is 60.7 Å². The summed E-state index contributed by atoms with van der Waals surface area (Å²) in [5, 5.41) is 1.42. The molecular weight excluding hydrogens is 234 g/mol. The smallest absolute Gasteiger partial charge is 0.182 e. The Bertz CT molecular complexity index is 400. The van der Waals surface area contributed by atoms with Gasteiger partial charge in [0.15, 0.2) is 9.68 Å². The monoisotopic (exact) mass is 253 g/mol. The number of hydrogen-bond donors (Lipinski definition) is 0.